The average molecular weight is 261 g/mol. The van der Waals surface area contributed by atoms with Gasteiger partial charge in [-0.3, -0.25) is 4.79 Å². The summed E-state index contributed by atoms with van der Waals surface area (Å²) in [6, 6.07) is 1.75. The van der Waals surface area contributed by atoms with Crippen LogP contribution in [0.15, 0.2) is 15.6 Å². The van der Waals surface area contributed by atoms with E-state index in [9.17, 15) is 4.79 Å². The maximum Gasteiger partial charge on any atom is 0.299 e. The van der Waals surface area contributed by atoms with Gasteiger partial charge in [0.2, 0.25) is 0 Å². The van der Waals surface area contributed by atoms with Crippen LogP contribution >= 0.6 is 0 Å². The zero-order valence-corrected chi connectivity index (χ0v) is 11.4. The molecule has 102 valence electrons. The molecule has 1 aliphatic heterocycles. The second-order valence-corrected chi connectivity index (χ2v) is 5.60. The van der Waals surface area contributed by atoms with Gasteiger partial charge in [0.25, 0.3) is 5.91 Å². The second kappa shape index (κ2) is 4.89. The molecule has 2 heterocycles. The number of amides is 1. The van der Waals surface area contributed by atoms with Crippen LogP contribution in [0.4, 0.5) is 0 Å². The average Bonchev–Trinajstić information content (AvgIpc) is 3.00. The van der Waals surface area contributed by atoms with Crippen LogP contribution in [0.5, 0.6) is 0 Å². The molecular formula is C14H19N3O2. The van der Waals surface area contributed by atoms with Crippen molar-refractivity contribution in [3.05, 3.63) is 17.5 Å². The lowest BCUT2D eigenvalue weighted by molar-refractivity contribution is 0.0993. The summed E-state index contributed by atoms with van der Waals surface area (Å²) in [4.78, 5) is 18.5. The second-order valence-electron chi connectivity index (χ2n) is 5.60. The standard InChI is InChI=1S/C14H19N3O2/c1-3-9-7-17(2)8-12(9)15-14(18)11-6-13(19-16-11)10-4-5-10/h6,9-10H,3-5,7-8H2,1-2H3/t9-/m0/s1. The Hall–Kier alpha value is -1.49. The molecule has 1 saturated heterocycles. The summed E-state index contributed by atoms with van der Waals surface area (Å²) in [7, 11) is 2.05. The largest absolute Gasteiger partial charge is 0.360 e. The predicted molar refractivity (Wildman–Crippen MR) is 71.5 cm³/mol. The minimum atomic E-state index is -0.264. The molecule has 0 N–H and O–H groups in total. The van der Waals surface area contributed by atoms with Crippen molar-refractivity contribution in [1.82, 2.24) is 10.1 Å². The number of likely N-dealkylation sites (tertiary alicyclic amines) is 1. The van der Waals surface area contributed by atoms with Crippen LogP contribution in [-0.4, -0.2) is 41.8 Å². The summed E-state index contributed by atoms with van der Waals surface area (Å²) in [5.41, 5.74) is 1.32. The number of hydrogen-bond donors (Lipinski definition) is 0. The molecule has 0 bridgehead atoms. The van der Waals surface area contributed by atoms with Gasteiger partial charge >= 0.3 is 0 Å². The van der Waals surface area contributed by atoms with Gasteiger partial charge in [0.1, 0.15) is 5.76 Å². The third kappa shape index (κ3) is 2.61. The van der Waals surface area contributed by atoms with Gasteiger partial charge in [-0.1, -0.05) is 12.1 Å². The van der Waals surface area contributed by atoms with Gasteiger partial charge in [0, 0.05) is 36.7 Å². The highest BCUT2D eigenvalue weighted by Crippen LogP contribution is 2.40. The van der Waals surface area contributed by atoms with E-state index in [0.717, 1.165) is 43.8 Å². The van der Waals surface area contributed by atoms with Crippen molar-refractivity contribution in [2.45, 2.75) is 32.1 Å². The quantitative estimate of drug-likeness (QED) is 0.836. The van der Waals surface area contributed by atoms with Crippen LogP contribution in [0.1, 0.15) is 48.4 Å². The molecule has 1 atom stereocenters. The predicted octanol–water partition coefficient (Wildman–Crippen LogP) is 2.10. The molecule has 1 amide bonds. The molecular weight excluding hydrogens is 242 g/mol. The van der Waals surface area contributed by atoms with Crippen LogP contribution in [0.25, 0.3) is 0 Å². The Morgan fingerprint density at radius 1 is 1.58 bits per heavy atom. The summed E-state index contributed by atoms with van der Waals surface area (Å²) >= 11 is 0. The van der Waals surface area contributed by atoms with Crippen LogP contribution in [0.3, 0.4) is 0 Å². The number of carbonyl (C=O) groups excluding carboxylic acids is 1. The van der Waals surface area contributed by atoms with Crippen LogP contribution in [0.2, 0.25) is 0 Å². The van der Waals surface area contributed by atoms with Crippen LogP contribution in [0, 0.1) is 5.92 Å². The Kier molecular flexibility index (Phi) is 3.22. The highest BCUT2D eigenvalue weighted by molar-refractivity contribution is 6.05. The highest BCUT2D eigenvalue weighted by Gasteiger charge is 2.30. The smallest absolute Gasteiger partial charge is 0.299 e. The van der Waals surface area contributed by atoms with E-state index in [4.69, 9.17) is 4.52 Å². The molecule has 0 aromatic carbocycles. The number of nitrogens with zero attached hydrogens (tertiary/aromatic N) is 3. The molecule has 0 spiro atoms. The SMILES string of the molecule is CC[C@H]1CN(C)CC1=NC(=O)c1cc(C2CC2)on1. The summed E-state index contributed by atoms with van der Waals surface area (Å²) in [5, 5.41) is 3.84. The van der Waals surface area contributed by atoms with Gasteiger partial charge in [-0.15, -0.1) is 0 Å². The van der Waals surface area contributed by atoms with Gasteiger partial charge in [-0.25, -0.2) is 4.99 Å². The van der Waals surface area contributed by atoms with Gasteiger partial charge in [0.05, 0.1) is 0 Å². The summed E-state index contributed by atoms with van der Waals surface area (Å²) in [6.45, 7) is 3.89. The number of aliphatic imine (C=N–C) groups is 1. The molecule has 5 nitrogen and oxygen atoms in total. The van der Waals surface area contributed by atoms with E-state index >= 15 is 0 Å². The molecule has 5 heteroatoms. The lowest BCUT2D eigenvalue weighted by Gasteiger charge is -2.05. The van der Waals surface area contributed by atoms with Crippen molar-refractivity contribution in [1.29, 1.82) is 0 Å². The van der Waals surface area contributed by atoms with E-state index in [2.05, 4.69) is 29.0 Å². The number of carbonyl (C=O) groups is 1. The monoisotopic (exact) mass is 261 g/mol. The molecule has 0 unspecified atom stereocenters. The zero-order chi connectivity index (χ0) is 13.4. The lowest BCUT2D eigenvalue weighted by Crippen LogP contribution is -2.14. The minimum absolute atomic E-state index is 0.264. The maximum absolute atomic E-state index is 12.1. The van der Waals surface area contributed by atoms with Gasteiger partial charge < -0.3 is 9.42 Å². The fraction of sp³-hybridized carbons (Fsp3) is 0.643. The topological polar surface area (TPSA) is 58.7 Å². The Labute approximate surface area is 112 Å². The van der Waals surface area contributed by atoms with Crippen molar-refractivity contribution in [3.8, 4) is 0 Å². The molecule has 2 fully saturated rings. The third-order valence-corrected chi connectivity index (χ3v) is 3.90. The van der Waals surface area contributed by atoms with E-state index < -0.39 is 0 Å². The van der Waals surface area contributed by atoms with Gasteiger partial charge in [0.15, 0.2) is 5.69 Å². The lowest BCUT2D eigenvalue weighted by atomic mass is 10.0. The van der Waals surface area contributed by atoms with Gasteiger partial charge in [-0.05, 0) is 26.3 Å². The van der Waals surface area contributed by atoms with E-state index in [1.807, 2.05) is 0 Å². The van der Waals surface area contributed by atoms with E-state index in [0.29, 0.717) is 17.5 Å². The van der Waals surface area contributed by atoms with Crippen LogP contribution in [-0.2, 0) is 0 Å². The molecule has 0 radical (unpaired) electrons. The highest BCUT2D eigenvalue weighted by atomic mass is 16.5. The van der Waals surface area contributed by atoms with Crippen molar-refractivity contribution >= 4 is 11.6 Å². The van der Waals surface area contributed by atoms with Crippen LogP contribution < -0.4 is 0 Å². The minimum Gasteiger partial charge on any atom is -0.360 e. The van der Waals surface area contributed by atoms with E-state index in [-0.39, 0.29) is 5.91 Å². The summed E-state index contributed by atoms with van der Waals surface area (Å²) in [5.74, 6) is 1.44. The maximum atomic E-state index is 12.1. The van der Waals surface area contributed by atoms with Gasteiger partial charge in [-0.2, -0.15) is 0 Å². The van der Waals surface area contributed by atoms with Crippen molar-refractivity contribution in [3.63, 3.8) is 0 Å². The van der Waals surface area contributed by atoms with Crippen molar-refractivity contribution in [2.24, 2.45) is 10.9 Å². The molecule has 1 saturated carbocycles. The third-order valence-electron chi connectivity index (χ3n) is 3.90. The first kappa shape index (κ1) is 12.5. The first-order chi connectivity index (χ1) is 9.17. The molecule has 19 heavy (non-hydrogen) atoms. The number of rotatable bonds is 3. The van der Waals surface area contributed by atoms with E-state index in [1.165, 1.54) is 0 Å². The molecule has 1 aromatic heterocycles. The summed E-state index contributed by atoms with van der Waals surface area (Å²) < 4.78 is 5.20. The Morgan fingerprint density at radius 3 is 3.05 bits per heavy atom. The normalized spacial score (nSPS) is 26.2. The fourth-order valence-corrected chi connectivity index (χ4v) is 2.58. The number of hydrogen-bond acceptors (Lipinski definition) is 4. The van der Waals surface area contributed by atoms with E-state index in [1.54, 1.807) is 6.07 Å². The molecule has 3 rings (SSSR count). The first-order valence-corrected chi connectivity index (χ1v) is 6.94. The van der Waals surface area contributed by atoms with Crippen molar-refractivity contribution in [2.75, 3.05) is 20.1 Å². The Bertz CT molecular complexity index is 517. The first-order valence-electron chi connectivity index (χ1n) is 6.94. The Balaban J connectivity index is 1.75. The summed E-state index contributed by atoms with van der Waals surface area (Å²) in [6.07, 6.45) is 3.29. The number of aromatic nitrogens is 1. The molecule has 1 aromatic rings. The molecule has 2 aliphatic rings. The zero-order valence-electron chi connectivity index (χ0n) is 11.4. The van der Waals surface area contributed by atoms with Crippen molar-refractivity contribution < 1.29 is 9.32 Å². The Morgan fingerprint density at radius 2 is 2.37 bits per heavy atom. The molecule has 1 aliphatic carbocycles. The fourth-order valence-electron chi connectivity index (χ4n) is 2.58.